The van der Waals surface area contributed by atoms with Crippen molar-refractivity contribution < 1.29 is 28.2 Å². The number of imide groups is 1. The highest BCUT2D eigenvalue weighted by Gasteiger charge is 2.36. The third-order valence-electron chi connectivity index (χ3n) is 4.48. The molecule has 0 aliphatic carbocycles. The number of carbonyl (C=O) groups excluding carboxylic acids is 3. The van der Waals surface area contributed by atoms with Crippen LogP contribution in [0.5, 0.6) is 11.6 Å². The van der Waals surface area contributed by atoms with E-state index in [1.165, 1.54) is 6.08 Å². The number of aromatic nitrogens is 2. The van der Waals surface area contributed by atoms with Crippen LogP contribution in [0.1, 0.15) is 5.56 Å². The summed E-state index contributed by atoms with van der Waals surface area (Å²) in [4.78, 5) is 44.7. The minimum atomic E-state index is -0.827. The highest BCUT2D eigenvalue weighted by molar-refractivity contribution is 8.18. The zero-order valence-electron chi connectivity index (χ0n) is 16.4. The lowest BCUT2D eigenvalue weighted by Gasteiger charge is -2.12. The molecule has 1 aliphatic heterocycles. The summed E-state index contributed by atoms with van der Waals surface area (Å²) < 4.78 is 24.3. The van der Waals surface area contributed by atoms with Gasteiger partial charge in [0.15, 0.2) is 0 Å². The number of halogens is 2. The van der Waals surface area contributed by atoms with Gasteiger partial charge in [-0.05, 0) is 46.3 Å². The second-order valence-corrected chi connectivity index (χ2v) is 7.77. The van der Waals surface area contributed by atoms with Gasteiger partial charge in [0, 0.05) is 5.56 Å². The first-order chi connectivity index (χ1) is 15.4. The van der Waals surface area contributed by atoms with Gasteiger partial charge in [0.05, 0.1) is 18.2 Å². The van der Waals surface area contributed by atoms with Gasteiger partial charge in [-0.2, -0.15) is 9.37 Å². The fourth-order valence-corrected chi connectivity index (χ4v) is 3.93. The number of esters is 1. The van der Waals surface area contributed by atoms with E-state index in [0.717, 1.165) is 23.6 Å². The van der Waals surface area contributed by atoms with Crippen molar-refractivity contribution in [3.8, 4) is 11.6 Å². The van der Waals surface area contributed by atoms with Crippen LogP contribution in [0, 0.1) is 5.82 Å². The van der Waals surface area contributed by atoms with Crippen molar-refractivity contribution in [2.45, 2.75) is 0 Å². The number of benzene rings is 2. The van der Waals surface area contributed by atoms with E-state index in [-0.39, 0.29) is 15.9 Å². The van der Waals surface area contributed by atoms with Crippen LogP contribution >= 0.6 is 23.4 Å². The number of hydrogen-bond acceptors (Lipinski definition) is 8. The zero-order chi connectivity index (χ0) is 22.8. The van der Waals surface area contributed by atoms with Gasteiger partial charge in [-0.25, -0.2) is 4.98 Å². The Labute approximate surface area is 190 Å². The van der Waals surface area contributed by atoms with E-state index >= 15 is 0 Å². The molecule has 0 radical (unpaired) electrons. The van der Waals surface area contributed by atoms with Crippen LogP contribution in [0.4, 0.5) is 9.18 Å². The van der Waals surface area contributed by atoms with Crippen LogP contribution < -0.4 is 4.74 Å². The largest absolute Gasteiger partial charge is 0.468 e. The lowest BCUT2D eigenvalue weighted by atomic mass is 10.0. The van der Waals surface area contributed by atoms with Crippen molar-refractivity contribution in [1.29, 1.82) is 0 Å². The lowest BCUT2D eigenvalue weighted by Crippen LogP contribution is -2.34. The lowest BCUT2D eigenvalue weighted by molar-refractivity contribution is -0.143. The summed E-state index contributed by atoms with van der Waals surface area (Å²) in [5, 5.41) is 0.696. The molecule has 0 saturated carbocycles. The molecule has 1 fully saturated rings. The van der Waals surface area contributed by atoms with Crippen molar-refractivity contribution in [2.24, 2.45) is 0 Å². The normalized spacial score (nSPS) is 15.0. The molecule has 32 heavy (non-hydrogen) atoms. The Morgan fingerprint density at radius 3 is 2.81 bits per heavy atom. The SMILES string of the molecule is COC(=O)CN1C(=O)S/C(=C/c2c(Oc3nc(Cl)ncc3F)ccc3ccccc23)C1=O. The summed E-state index contributed by atoms with van der Waals surface area (Å²) >= 11 is 6.42. The maximum absolute atomic E-state index is 14.1. The predicted octanol–water partition coefficient (Wildman–Crippen LogP) is 4.42. The van der Waals surface area contributed by atoms with Gasteiger partial charge in [-0.3, -0.25) is 19.3 Å². The monoisotopic (exact) mass is 473 g/mol. The Morgan fingerprint density at radius 1 is 1.25 bits per heavy atom. The molecule has 0 N–H and O–H groups in total. The van der Waals surface area contributed by atoms with Crippen LogP contribution in [0.15, 0.2) is 47.5 Å². The number of hydrogen-bond donors (Lipinski definition) is 0. The van der Waals surface area contributed by atoms with Gasteiger partial charge in [0.25, 0.3) is 17.0 Å². The van der Waals surface area contributed by atoms with Crippen molar-refractivity contribution in [3.05, 3.63) is 64.2 Å². The second-order valence-electron chi connectivity index (χ2n) is 6.44. The Morgan fingerprint density at radius 2 is 2.03 bits per heavy atom. The van der Waals surface area contributed by atoms with E-state index in [4.69, 9.17) is 16.3 Å². The number of amides is 2. The molecule has 3 aromatic rings. The molecule has 162 valence electrons. The summed E-state index contributed by atoms with van der Waals surface area (Å²) in [5.74, 6) is -2.42. The van der Waals surface area contributed by atoms with Crippen LogP contribution in [0.25, 0.3) is 16.8 Å². The smallest absolute Gasteiger partial charge is 0.325 e. The molecule has 11 heteroatoms. The molecule has 2 aromatic carbocycles. The second kappa shape index (κ2) is 8.93. The molecule has 0 spiro atoms. The summed E-state index contributed by atoms with van der Waals surface area (Å²) in [5.41, 5.74) is 0.417. The van der Waals surface area contributed by atoms with Gasteiger partial charge in [0.2, 0.25) is 11.1 Å². The topological polar surface area (TPSA) is 98.7 Å². The van der Waals surface area contributed by atoms with Crippen LogP contribution in [0.3, 0.4) is 0 Å². The van der Waals surface area contributed by atoms with Crippen LogP contribution in [-0.4, -0.2) is 45.6 Å². The molecular formula is C21H13ClFN3O5S. The van der Waals surface area contributed by atoms with Gasteiger partial charge in [-0.1, -0.05) is 30.3 Å². The summed E-state index contributed by atoms with van der Waals surface area (Å²) in [6, 6.07) is 10.6. The number of fused-ring (bicyclic) bond motifs is 1. The molecule has 1 aliphatic rings. The van der Waals surface area contributed by atoms with Crippen molar-refractivity contribution in [1.82, 2.24) is 14.9 Å². The maximum Gasteiger partial charge on any atom is 0.325 e. The quantitative estimate of drug-likeness (QED) is 0.305. The van der Waals surface area contributed by atoms with E-state index in [2.05, 4.69) is 14.7 Å². The number of ether oxygens (including phenoxy) is 2. The number of carbonyl (C=O) groups is 3. The molecule has 1 saturated heterocycles. The highest BCUT2D eigenvalue weighted by Crippen LogP contribution is 2.38. The molecule has 2 heterocycles. The number of methoxy groups -OCH3 is 1. The van der Waals surface area contributed by atoms with Gasteiger partial charge in [0.1, 0.15) is 12.3 Å². The minimum absolute atomic E-state index is 0.0706. The first-order valence-corrected chi connectivity index (χ1v) is 10.3. The average Bonchev–Trinajstić information content (AvgIpc) is 3.05. The summed E-state index contributed by atoms with van der Waals surface area (Å²) in [7, 11) is 1.16. The van der Waals surface area contributed by atoms with E-state index in [9.17, 15) is 18.8 Å². The molecule has 8 nitrogen and oxygen atoms in total. The number of nitrogens with zero attached hydrogens (tertiary/aromatic N) is 3. The number of thioether (sulfide) groups is 1. The Hall–Kier alpha value is -3.50. The third-order valence-corrected chi connectivity index (χ3v) is 5.57. The van der Waals surface area contributed by atoms with E-state index in [1.807, 2.05) is 12.1 Å². The van der Waals surface area contributed by atoms with Crippen LogP contribution in [-0.2, 0) is 14.3 Å². The minimum Gasteiger partial charge on any atom is -0.468 e. The van der Waals surface area contributed by atoms with Crippen molar-refractivity contribution >= 4 is 57.3 Å². The van der Waals surface area contributed by atoms with E-state index < -0.39 is 35.4 Å². The van der Waals surface area contributed by atoms with Gasteiger partial charge in [-0.15, -0.1) is 0 Å². The Kier molecular flexibility index (Phi) is 6.06. The maximum atomic E-state index is 14.1. The Balaban J connectivity index is 1.80. The molecule has 1 aromatic heterocycles. The third kappa shape index (κ3) is 4.27. The molecule has 4 rings (SSSR count). The van der Waals surface area contributed by atoms with Gasteiger partial charge < -0.3 is 9.47 Å². The van der Waals surface area contributed by atoms with E-state index in [0.29, 0.717) is 22.7 Å². The first-order valence-electron chi connectivity index (χ1n) is 9.07. The van der Waals surface area contributed by atoms with Crippen LogP contribution in [0.2, 0.25) is 5.28 Å². The zero-order valence-corrected chi connectivity index (χ0v) is 17.9. The predicted molar refractivity (Wildman–Crippen MR) is 116 cm³/mol. The molecule has 2 amide bonds. The summed E-state index contributed by atoms with van der Waals surface area (Å²) in [6.07, 6.45) is 2.34. The standard InChI is InChI=1S/C21H13ClFN3O5S/c1-30-17(27)10-26-19(28)16(32-21(26)29)8-13-12-5-3-2-4-11(12)6-7-15(13)31-18-14(23)9-24-20(22)25-18/h2-9H,10H2,1H3/b16-8+. The Bertz CT molecular complexity index is 1300. The van der Waals surface area contributed by atoms with Gasteiger partial charge >= 0.3 is 5.97 Å². The van der Waals surface area contributed by atoms with Crippen molar-refractivity contribution in [3.63, 3.8) is 0 Å². The van der Waals surface area contributed by atoms with Crippen molar-refractivity contribution in [2.75, 3.05) is 13.7 Å². The fraction of sp³-hybridized carbons (Fsp3) is 0.0952. The average molecular weight is 474 g/mol. The molecular weight excluding hydrogens is 461 g/mol. The molecule has 0 unspecified atom stereocenters. The molecule has 0 atom stereocenters. The fourth-order valence-electron chi connectivity index (χ4n) is 2.98. The summed E-state index contributed by atoms with van der Waals surface area (Å²) in [6.45, 7) is -0.498. The number of rotatable bonds is 5. The first kappa shape index (κ1) is 21.7. The van der Waals surface area contributed by atoms with E-state index in [1.54, 1.807) is 24.3 Å². The molecule has 0 bridgehead atoms. The highest BCUT2D eigenvalue weighted by atomic mass is 35.5.